The average molecular weight is 278 g/mol. The van der Waals surface area contributed by atoms with E-state index in [2.05, 4.69) is 17.1 Å². The van der Waals surface area contributed by atoms with E-state index in [1.54, 1.807) is 7.11 Å². The molecule has 1 fully saturated rings. The van der Waals surface area contributed by atoms with Crippen LogP contribution in [0.1, 0.15) is 32.1 Å². The van der Waals surface area contributed by atoms with Crippen LogP contribution in [0.3, 0.4) is 0 Å². The Kier molecular flexibility index (Phi) is 4.26. The molecule has 3 rings (SSSR count). The average Bonchev–Trinajstić information content (AvgIpc) is 2.72. The Morgan fingerprint density at radius 1 is 1.40 bits per heavy atom. The summed E-state index contributed by atoms with van der Waals surface area (Å²) in [6.07, 6.45) is 9.88. The molecule has 2 aliphatic carbocycles. The molecule has 3 aliphatic rings. The van der Waals surface area contributed by atoms with E-state index in [1.807, 2.05) is 0 Å². The monoisotopic (exact) mass is 278 g/mol. The smallest absolute Gasteiger partial charge is 0.142 e. The van der Waals surface area contributed by atoms with E-state index in [0.29, 0.717) is 6.04 Å². The number of hydrogen-bond acceptors (Lipinski definition) is 4. The van der Waals surface area contributed by atoms with Crippen molar-refractivity contribution in [1.82, 2.24) is 4.90 Å². The predicted octanol–water partition coefficient (Wildman–Crippen LogP) is 1.82. The molecule has 0 bridgehead atoms. The molecule has 1 heterocycles. The van der Waals surface area contributed by atoms with Crippen LogP contribution in [-0.4, -0.2) is 50.1 Å². The minimum absolute atomic E-state index is 0.565. The fourth-order valence-electron chi connectivity index (χ4n) is 3.77. The second-order valence-electron chi connectivity index (χ2n) is 6.10. The predicted molar refractivity (Wildman–Crippen MR) is 79.4 cm³/mol. The highest BCUT2D eigenvalue weighted by Gasteiger charge is 2.35. The van der Waals surface area contributed by atoms with E-state index in [1.165, 1.54) is 24.0 Å². The van der Waals surface area contributed by atoms with Gasteiger partial charge < -0.3 is 9.47 Å². The summed E-state index contributed by atoms with van der Waals surface area (Å²) in [5, 5.41) is 0. The van der Waals surface area contributed by atoms with Crippen LogP contribution in [0.2, 0.25) is 0 Å². The Balaban J connectivity index is 1.79. The van der Waals surface area contributed by atoms with E-state index < -0.39 is 5.72 Å². The van der Waals surface area contributed by atoms with Gasteiger partial charge in [-0.15, -0.1) is 0 Å². The summed E-state index contributed by atoms with van der Waals surface area (Å²) in [4.78, 5) is 2.59. The number of rotatable bonds is 2. The zero-order valence-corrected chi connectivity index (χ0v) is 12.4. The lowest BCUT2D eigenvalue weighted by Crippen LogP contribution is -2.45. The standard InChI is InChI=1S/C16H26N2O2/c1-19-16(17)7-3-4-13-12-14(5-2-6-15(13)16)18-8-10-20-11-9-18/h3-4,14H,2,5-12,17H2,1H3. The zero-order valence-electron chi connectivity index (χ0n) is 12.4. The Morgan fingerprint density at radius 3 is 2.95 bits per heavy atom. The molecule has 0 aromatic heterocycles. The molecule has 2 atom stereocenters. The van der Waals surface area contributed by atoms with Gasteiger partial charge in [0.05, 0.1) is 13.2 Å². The number of morpholine rings is 1. The molecule has 0 radical (unpaired) electrons. The fourth-order valence-corrected chi connectivity index (χ4v) is 3.77. The van der Waals surface area contributed by atoms with Crippen molar-refractivity contribution < 1.29 is 9.47 Å². The van der Waals surface area contributed by atoms with Gasteiger partial charge >= 0.3 is 0 Å². The second kappa shape index (κ2) is 5.98. The molecule has 1 saturated heterocycles. The molecule has 0 spiro atoms. The lowest BCUT2D eigenvalue weighted by atomic mass is 9.86. The van der Waals surface area contributed by atoms with Gasteiger partial charge in [-0.05, 0) is 36.8 Å². The van der Waals surface area contributed by atoms with Crippen LogP contribution in [0.5, 0.6) is 0 Å². The number of nitrogens with zero attached hydrogens (tertiary/aromatic N) is 1. The number of hydrogen-bond donors (Lipinski definition) is 1. The highest BCUT2D eigenvalue weighted by Crippen LogP contribution is 2.37. The number of nitrogens with two attached hydrogens (primary N) is 1. The van der Waals surface area contributed by atoms with Gasteiger partial charge in [0.15, 0.2) is 0 Å². The maximum Gasteiger partial charge on any atom is 0.142 e. The second-order valence-corrected chi connectivity index (χ2v) is 6.10. The van der Waals surface area contributed by atoms with Crippen molar-refractivity contribution in [2.75, 3.05) is 33.4 Å². The minimum Gasteiger partial charge on any atom is -0.379 e. The first-order valence-electron chi connectivity index (χ1n) is 7.78. The molecule has 1 aliphatic heterocycles. The third-order valence-electron chi connectivity index (χ3n) is 4.98. The van der Waals surface area contributed by atoms with Crippen LogP contribution in [-0.2, 0) is 9.47 Å². The molecule has 2 unspecified atom stereocenters. The van der Waals surface area contributed by atoms with Crippen molar-refractivity contribution in [3.63, 3.8) is 0 Å². The van der Waals surface area contributed by atoms with Crippen LogP contribution < -0.4 is 5.73 Å². The Morgan fingerprint density at radius 2 is 2.20 bits per heavy atom. The maximum absolute atomic E-state index is 6.44. The van der Waals surface area contributed by atoms with Crippen LogP contribution in [0.15, 0.2) is 23.3 Å². The van der Waals surface area contributed by atoms with Gasteiger partial charge in [-0.3, -0.25) is 10.6 Å². The first-order valence-corrected chi connectivity index (χ1v) is 7.78. The largest absolute Gasteiger partial charge is 0.379 e. The van der Waals surface area contributed by atoms with Gasteiger partial charge in [-0.25, -0.2) is 0 Å². The van der Waals surface area contributed by atoms with E-state index in [0.717, 1.165) is 45.6 Å². The molecule has 20 heavy (non-hydrogen) atoms. The highest BCUT2D eigenvalue weighted by atomic mass is 16.5. The van der Waals surface area contributed by atoms with Crippen molar-refractivity contribution >= 4 is 0 Å². The van der Waals surface area contributed by atoms with E-state index in [4.69, 9.17) is 15.2 Å². The number of methoxy groups -OCH3 is 1. The maximum atomic E-state index is 6.44. The van der Waals surface area contributed by atoms with Gasteiger partial charge in [0.1, 0.15) is 5.72 Å². The third kappa shape index (κ3) is 2.70. The topological polar surface area (TPSA) is 47.7 Å². The van der Waals surface area contributed by atoms with Gasteiger partial charge in [-0.1, -0.05) is 12.2 Å². The van der Waals surface area contributed by atoms with Crippen LogP contribution >= 0.6 is 0 Å². The van der Waals surface area contributed by atoms with Crippen molar-refractivity contribution in [3.05, 3.63) is 23.3 Å². The summed E-state index contributed by atoms with van der Waals surface area (Å²) in [6.45, 7) is 3.87. The molecule has 112 valence electrons. The summed E-state index contributed by atoms with van der Waals surface area (Å²) >= 11 is 0. The molecule has 4 heteroatoms. The Hall–Kier alpha value is -0.680. The summed E-state index contributed by atoms with van der Waals surface area (Å²) < 4.78 is 11.1. The van der Waals surface area contributed by atoms with E-state index >= 15 is 0 Å². The molecule has 2 N–H and O–H groups in total. The lowest BCUT2D eigenvalue weighted by Gasteiger charge is -2.36. The molecule has 0 amide bonds. The fraction of sp³-hybridized carbons (Fsp3) is 0.750. The van der Waals surface area contributed by atoms with Gasteiger partial charge in [-0.2, -0.15) is 0 Å². The van der Waals surface area contributed by atoms with Crippen molar-refractivity contribution in [3.8, 4) is 0 Å². The Labute approximate surface area is 121 Å². The van der Waals surface area contributed by atoms with Crippen LogP contribution in [0.25, 0.3) is 0 Å². The SMILES string of the molecule is COC1(N)CC=CC2=C1CCCC(N1CCOCC1)C2. The van der Waals surface area contributed by atoms with Gasteiger partial charge in [0.25, 0.3) is 0 Å². The van der Waals surface area contributed by atoms with Crippen molar-refractivity contribution in [1.29, 1.82) is 0 Å². The molecular weight excluding hydrogens is 252 g/mol. The van der Waals surface area contributed by atoms with E-state index in [-0.39, 0.29) is 0 Å². The summed E-state index contributed by atoms with van der Waals surface area (Å²) in [5.74, 6) is 0. The van der Waals surface area contributed by atoms with E-state index in [9.17, 15) is 0 Å². The van der Waals surface area contributed by atoms with Crippen LogP contribution in [0.4, 0.5) is 0 Å². The summed E-state index contributed by atoms with van der Waals surface area (Å²) in [6, 6.07) is 0.634. The molecule has 0 aromatic carbocycles. The first-order chi connectivity index (χ1) is 9.73. The normalized spacial score (nSPS) is 35.8. The van der Waals surface area contributed by atoms with Crippen LogP contribution in [0, 0.1) is 0 Å². The highest BCUT2D eigenvalue weighted by molar-refractivity contribution is 5.37. The molecule has 4 nitrogen and oxygen atoms in total. The lowest BCUT2D eigenvalue weighted by molar-refractivity contribution is 0.0150. The van der Waals surface area contributed by atoms with Gasteiger partial charge in [0.2, 0.25) is 0 Å². The number of allylic oxidation sites excluding steroid dienone is 1. The Bertz CT molecular complexity index is 413. The minimum atomic E-state index is -0.565. The molecule has 0 aromatic rings. The summed E-state index contributed by atoms with van der Waals surface area (Å²) in [5.41, 5.74) is 8.62. The van der Waals surface area contributed by atoms with Crippen molar-refractivity contribution in [2.24, 2.45) is 5.73 Å². The van der Waals surface area contributed by atoms with Gasteiger partial charge in [0, 0.05) is 32.7 Å². The number of ether oxygens (including phenoxy) is 2. The van der Waals surface area contributed by atoms with Crippen molar-refractivity contribution in [2.45, 2.75) is 43.9 Å². The molecule has 0 saturated carbocycles. The first kappa shape index (κ1) is 14.3. The summed E-state index contributed by atoms with van der Waals surface area (Å²) in [7, 11) is 1.73. The zero-order chi connectivity index (χ0) is 14.0. The third-order valence-corrected chi connectivity index (χ3v) is 4.98. The quantitative estimate of drug-likeness (QED) is 0.783. The molecular formula is C16H26N2O2.